The molecule has 0 saturated carbocycles. The molecular weight excluding hydrogens is 314 g/mol. The molecule has 2 aromatic rings. The maximum atomic E-state index is 10.6. The Labute approximate surface area is 131 Å². The minimum absolute atomic E-state index is 0.00335. The van der Waals surface area contributed by atoms with E-state index < -0.39 is 4.92 Å². The average molecular weight is 328 g/mol. The molecule has 0 aliphatic rings. The standard InChI is InChI=1S/C13H14ClN3O5/c1-3-20-8(2)13-15-12(22-16-13)7-21-11-5-4-9(17(18)19)6-10(11)14/h4-6,8H,3,7H2,1-2H3. The highest BCUT2D eigenvalue weighted by atomic mass is 35.5. The van der Waals surface area contributed by atoms with Gasteiger partial charge in [0, 0.05) is 18.7 Å². The summed E-state index contributed by atoms with van der Waals surface area (Å²) < 4.78 is 15.8. The van der Waals surface area contributed by atoms with Crippen LogP contribution in [0.4, 0.5) is 5.69 Å². The Kier molecular flexibility index (Phi) is 5.29. The quantitative estimate of drug-likeness (QED) is 0.568. The number of benzene rings is 1. The van der Waals surface area contributed by atoms with Crippen LogP contribution >= 0.6 is 11.6 Å². The molecule has 118 valence electrons. The molecule has 0 aliphatic heterocycles. The molecule has 8 nitrogen and oxygen atoms in total. The Morgan fingerprint density at radius 3 is 2.91 bits per heavy atom. The lowest BCUT2D eigenvalue weighted by atomic mass is 10.3. The number of hydrogen-bond acceptors (Lipinski definition) is 7. The lowest BCUT2D eigenvalue weighted by Crippen LogP contribution is -2.02. The Morgan fingerprint density at radius 1 is 1.50 bits per heavy atom. The van der Waals surface area contributed by atoms with Crippen LogP contribution < -0.4 is 4.74 Å². The summed E-state index contributed by atoms with van der Waals surface area (Å²) in [6.45, 7) is 4.23. The summed E-state index contributed by atoms with van der Waals surface area (Å²) >= 11 is 5.92. The minimum Gasteiger partial charge on any atom is -0.482 e. The maximum absolute atomic E-state index is 10.6. The van der Waals surface area contributed by atoms with E-state index in [0.29, 0.717) is 18.2 Å². The zero-order chi connectivity index (χ0) is 16.1. The highest BCUT2D eigenvalue weighted by Crippen LogP contribution is 2.29. The van der Waals surface area contributed by atoms with E-state index in [4.69, 9.17) is 25.6 Å². The number of nitro groups is 1. The second-order valence-corrected chi connectivity index (χ2v) is 4.71. The Hall–Kier alpha value is -2.19. The van der Waals surface area contributed by atoms with Crippen molar-refractivity contribution in [3.8, 4) is 5.75 Å². The zero-order valence-corrected chi connectivity index (χ0v) is 12.7. The fourth-order valence-corrected chi connectivity index (χ4v) is 1.91. The summed E-state index contributed by atoms with van der Waals surface area (Å²) in [4.78, 5) is 14.2. The molecule has 1 heterocycles. The first kappa shape index (κ1) is 16.2. The molecule has 1 atom stereocenters. The molecule has 0 bridgehead atoms. The van der Waals surface area contributed by atoms with Gasteiger partial charge in [0.25, 0.3) is 11.6 Å². The van der Waals surface area contributed by atoms with Gasteiger partial charge in [-0.15, -0.1) is 0 Å². The number of hydrogen-bond donors (Lipinski definition) is 0. The van der Waals surface area contributed by atoms with Crippen molar-refractivity contribution in [1.82, 2.24) is 10.1 Å². The molecule has 0 aliphatic carbocycles. The summed E-state index contributed by atoms with van der Waals surface area (Å²) in [6, 6.07) is 3.94. The van der Waals surface area contributed by atoms with Gasteiger partial charge in [0.15, 0.2) is 12.4 Å². The van der Waals surface area contributed by atoms with Crippen molar-refractivity contribution in [1.29, 1.82) is 0 Å². The molecular formula is C13H14ClN3O5. The first-order valence-corrected chi connectivity index (χ1v) is 6.90. The van der Waals surface area contributed by atoms with E-state index in [1.54, 1.807) is 0 Å². The van der Waals surface area contributed by atoms with Crippen molar-refractivity contribution in [2.24, 2.45) is 0 Å². The maximum Gasteiger partial charge on any atom is 0.271 e. The van der Waals surface area contributed by atoms with Crippen molar-refractivity contribution >= 4 is 17.3 Å². The van der Waals surface area contributed by atoms with Crippen LogP contribution in [0, 0.1) is 10.1 Å². The van der Waals surface area contributed by atoms with E-state index in [2.05, 4.69) is 10.1 Å². The molecule has 0 radical (unpaired) electrons. The van der Waals surface area contributed by atoms with Gasteiger partial charge < -0.3 is 14.0 Å². The lowest BCUT2D eigenvalue weighted by molar-refractivity contribution is -0.384. The van der Waals surface area contributed by atoms with Gasteiger partial charge in [0.1, 0.15) is 11.9 Å². The van der Waals surface area contributed by atoms with Gasteiger partial charge in [-0.3, -0.25) is 10.1 Å². The number of nitrogens with zero attached hydrogens (tertiary/aromatic N) is 3. The molecule has 0 saturated heterocycles. The van der Waals surface area contributed by atoms with Crippen LogP contribution in [0.15, 0.2) is 22.7 Å². The van der Waals surface area contributed by atoms with Crippen molar-refractivity contribution in [2.45, 2.75) is 26.6 Å². The van der Waals surface area contributed by atoms with Gasteiger partial charge in [0.05, 0.1) is 9.95 Å². The van der Waals surface area contributed by atoms with Crippen molar-refractivity contribution < 1.29 is 18.9 Å². The predicted molar refractivity (Wildman–Crippen MR) is 76.8 cm³/mol. The number of ether oxygens (including phenoxy) is 2. The molecule has 1 aromatic heterocycles. The van der Waals surface area contributed by atoms with Gasteiger partial charge in [0.2, 0.25) is 0 Å². The first-order chi connectivity index (χ1) is 10.5. The molecule has 1 unspecified atom stereocenters. The van der Waals surface area contributed by atoms with Crippen molar-refractivity contribution in [3.63, 3.8) is 0 Å². The Morgan fingerprint density at radius 2 is 2.27 bits per heavy atom. The fourth-order valence-electron chi connectivity index (χ4n) is 1.68. The molecule has 22 heavy (non-hydrogen) atoms. The van der Waals surface area contributed by atoms with E-state index in [0.717, 1.165) is 0 Å². The summed E-state index contributed by atoms with van der Waals surface area (Å²) in [6.07, 6.45) is -0.273. The molecule has 2 rings (SSSR count). The summed E-state index contributed by atoms with van der Waals surface area (Å²) in [7, 11) is 0. The first-order valence-electron chi connectivity index (χ1n) is 6.52. The van der Waals surface area contributed by atoms with Gasteiger partial charge in [-0.1, -0.05) is 16.8 Å². The molecule has 1 aromatic carbocycles. The molecule has 0 spiro atoms. The largest absolute Gasteiger partial charge is 0.482 e. The van der Waals surface area contributed by atoms with Crippen LogP contribution in [0.5, 0.6) is 5.75 Å². The predicted octanol–water partition coefficient (Wildman–Crippen LogP) is 3.31. The van der Waals surface area contributed by atoms with E-state index in [1.807, 2.05) is 13.8 Å². The summed E-state index contributed by atoms with van der Waals surface area (Å²) in [5, 5.41) is 14.6. The molecule has 0 amide bonds. The van der Waals surface area contributed by atoms with Crippen molar-refractivity contribution in [3.05, 3.63) is 45.1 Å². The molecule has 0 N–H and O–H groups in total. The van der Waals surface area contributed by atoms with Gasteiger partial charge in [-0.2, -0.15) is 4.98 Å². The van der Waals surface area contributed by atoms with E-state index >= 15 is 0 Å². The Balaban J connectivity index is 2.00. The third-order valence-electron chi connectivity index (χ3n) is 2.74. The zero-order valence-electron chi connectivity index (χ0n) is 12.0. The third-order valence-corrected chi connectivity index (χ3v) is 3.04. The summed E-state index contributed by atoms with van der Waals surface area (Å²) in [5.41, 5.74) is -0.108. The van der Waals surface area contributed by atoms with E-state index in [-0.39, 0.29) is 29.3 Å². The second kappa shape index (κ2) is 7.19. The van der Waals surface area contributed by atoms with E-state index in [9.17, 15) is 10.1 Å². The number of non-ortho nitro benzene ring substituents is 1. The molecule has 9 heteroatoms. The topological polar surface area (TPSA) is 101 Å². The smallest absolute Gasteiger partial charge is 0.271 e. The fraction of sp³-hybridized carbons (Fsp3) is 0.385. The van der Waals surface area contributed by atoms with Crippen LogP contribution in [0.1, 0.15) is 31.7 Å². The minimum atomic E-state index is -0.533. The van der Waals surface area contributed by atoms with E-state index in [1.165, 1.54) is 18.2 Å². The highest BCUT2D eigenvalue weighted by Gasteiger charge is 2.15. The third kappa shape index (κ3) is 3.92. The highest BCUT2D eigenvalue weighted by molar-refractivity contribution is 6.32. The lowest BCUT2D eigenvalue weighted by Gasteiger charge is -2.05. The van der Waals surface area contributed by atoms with Crippen LogP contribution in [0.2, 0.25) is 5.02 Å². The van der Waals surface area contributed by atoms with Crippen LogP contribution in [0.25, 0.3) is 0 Å². The van der Waals surface area contributed by atoms with Crippen molar-refractivity contribution in [2.75, 3.05) is 6.61 Å². The normalized spacial score (nSPS) is 12.1. The van der Waals surface area contributed by atoms with Gasteiger partial charge in [-0.25, -0.2) is 0 Å². The number of rotatable bonds is 7. The number of halogens is 1. The number of aromatic nitrogens is 2. The van der Waals surface area contributed by atoms with Crippen LogP contribution in [0.3, 0.4) is 0 Å². The van der Waals surface area contributed by atoms with Gasteiger partial charge in [-0.05, 0) is 19.9 Å². The molecule has 0 fully saturated rings. The summed E-state index contributed by atoms with van der Waals surface area (Å²) in [5.74, 6) is 0.982. The van der Waals surface area contributed by atoms with Crippen LogP contribution in [-0.4, -0.2) is 21.7 Å². The average Bonchev–Trinajstić information content (AvgIpc) is 2.95. The SMILES string of the molecule is CCOC(C)c1noc(COc2ccc([N+](=O)[O-])cc2Cl)n1. The monoisotopic (exact) mass is 327 g/mol. The van der Waals surface area contributed by atoms with Gasteiger partial charge >= 0.3 is 0 Å². The second-order valence-electron chi connectivity index (χ2n) is 4.30. The number of nitro benzene ring substituents is 1. The van der Waals surface area contributed by atoms with Crippen LogP contribution in [-0.2, 0) is 11.3 Å². The Bertz CT molecular complexity index is 661.